The number of rotatable bonds is 3. The number of aromatic nitrogens is 2. The smallest absolute Gasteiger partial charge is 0.227 e. The SMILES string of the molecule is Cc1noc(C)c1CC(=O)N1CCCC[C@H]1c1cccnc1. The first-order valence-electron chi connectivity index (χ1n) is 7.78. The largest absolute Gasteiger partial charge is 0.361 e. The number of likely N-dealkylation sites (tertiary alicyclic amines) is 1. The normalized spacial score (nSPS) is 18.5. The van der Waals surface area contributed by atoms with E-state index < -0.39 is 0 Å². The minimum atomic E-state index is 0.135. The van der Waals surface area contributed by atoms with Crippen LogP contribution in [0.25, 0.3) is 0 Å². The molecule has 0 aliphatic carbocycles. The Morgan fingerprint density at radius 3 is 2.95 bits per heavy atom. The van der Waals surface area contributed by atoms with Crippen LogP contribution >= 0.6 is 0 Å². The van der Waals surface area contributed by atoms with Crippen LogP contribution in [0, 0.1) is 13.8 Å². The molecule has 1 atom stereocenters. The lowest BCUT2D eigenvalue weighted by atomic mass is 9.95. The van der Waals surface area contributed by atoms with E-state index in [4.69, 9.17) is 4.52 Å². The van der Waals surface area contributed by atoms with Gasteiger partial charge >= 0.3 is 0 Å². The highest BCUT2D eigenvalue weighted by Crippen LogP contribution is 2.31. The van der Waals surface area contributed by atoms with Crippen molar-refractivity contribution in [3.05, 3.63) is 47.1 Å². The van der Waals surface area contributed by atoms with Crippen molar-refractivity contribution >= 4 is 5.91 Å². The van der Waals surface area contributed by atoms with Gasteiger partial charge in [-0.3, -0.25) is 9.78 Å². The van der Waals surface area contributed by atoms with Crippen LogP contribution in [0.15, 0.2) is 29.0 Å². The van der Waals surface area contributed by atoms with Gasteiger partial charge in [0.05, 0.1) is 18.2 Å². The first-order valence-corrected chi connectivity index (χ1v) is 7.78. The summed E-state index contributed by atoms with van der Waals surface area (Å²) in [5, 5.41) is 3.94. The molecule has 116 valence electrons. The predicted octanol–water partition coefficient (Wildman–Crippen LogP) is 2.98. The lowest BCUT2D eigenvalue weighted by Gasteiger charge is -2.36. The van der Waals surface area contributed by atoms with Crippen molar-refractivity contribution in [1.82, 2.24) is 15.0 Å². The van der Waals surface area contributed by atoms with Crippen LogP contribution in [0.4, 0.5) is 0 Å². The van der Waals surface area contributed by atoms with E-state index in [-0.39, 0.29) is 11.9 Å². The zero-order chi connectivity index (χ0) is 15.5. The molecular weight excluding hydrogens is 278 g/mol. The Labute approximate surface area is 130 Å². The maximum atomic E-state index is 12.8. The summed E-state index contributed by atoms with van der Waals surface area (Å²) in [6.45, 7) is 4.55. The number of carbonyl (C=O) groups is 1. The van der Waals surface area contributed by atoms with Gasteiger partial charge in [-0.2, -0.15) is 0 Å². The summed E-state index contributed by atoms with van der Waals surface area (Å²) in [5.41, 5.74) is 2.84. The van der Waals surface area contributed by atoms with Crippen LogP contribution in [-0.2, 0) is 11.2 Å². The second-order valence-corrected chi connectivity index (χ2v) is 5.86. The summed E-state index contributed by atoms with van der Waals surface area (Å²) >= 11 is 0. The molecule has 0 spiro atoms. The van der Waals surface area contributed by atoms with Crippen LogP contribution < -0.4 is 0 Å². The first-order chi connectivity index (χ1) is 10.7. The van der Waals surface area contributed by atoms with Crippen molar-refractivity contribution in [3.8, 4) is 0 Å². The summed E-state index contributed by atoms with van der Waals surface area (Å²) in [4.78, 5) is 19.0. The van der Waals surface area contributed by atoms with E-state index in [9.17, 15) is 4.79 Å². The summed E-state index contributed by atoms with van der Waals surface area (Å²) in [6, 6.07) is 4.12. The molecule has 3 rings (SSSR count). The van der Waals surface area contributed by atoms with Gasteiger partial charge < -0.3 is 9.42 Å². The third-order valence-corrected chi connectivity index (χ3v) is 4.40. The second-order valence-electron chi connectivity index (χ2n) is 5.86. The molecule has 3 heterocycles. The molecular formula is C17H21N3O2. The zero-order valence-electron chi connectivity index (χ0n) is 13.1. The standard InChI is InChI=1S/C17H21N3O2/c1-12-15(13(2)22-19-12)10-17(21)20-9-4-3-7-16(20)14-6-5-8-18-11-14/h5-6,8,11,16H,3-4,7,9-10H2,1-2H3/t16-/m0/s1. The van der Waals surface area contributed by atoms with Crippen LogP contribution in [0.2, 0.25) is 0 Å². The molecule has 22 heavy (non-hydrogen) atoms. The van der Waals surface area contributed by atoms with Crippen molar-refractivity contribution < 1.29 is 9.32 Å². The quantitative estimate of drug-likeness (QED) is 0.874. The van der Waals surface area contributed by atoms with Crippen molar-refractivity contribution in [2.45, 2.75) is 45.6 Å². The Hall–Kier alpha value is -2.17. The number of nitrogens with zero attached hydrogens (tertiary/aromatic N) is 3. The van der Waals surface area contributed by atoms with Crippen LogP contribution in [0.3, 0.4) is 0 Å². The second kappa shape index (κ2) is 6.30. The molecule has 0 N–H and O–H groups in total. The van der Waals surface area contributed by atoms with E-state index in [1.165, 1.54) is 0 Å². The Morgan fingerprint density at radius 2 is 2.27 bits per heavy atom. The molecule has 0 unspecified atom stereocenters. The van der Waals surface area contributed by atoms with Crippen molar-refractivity contribution in [1.29, 1.82) is 0 Å². The highest BCUT2D eigenvalue weighted by Gasteiger charge is 2.29. The Kier molecular flexibility index (Phi) is 4.22. The molecule has 1 aliphatic heterocycles. The molecule has 1 saturated heterocycles. The predicted molar refractivity (Wildman–Crippen MR) is 82.2 cm³/mol. The highest BCUT2D eigenvalue weighted by molar-refractivity contribution is 5.79. The number of aryl methyl sites for hydroxylation is 2. The fourth-order valence-corrected chi connectivity index (χ4v) is 3.16. The lowest BCUT2D eigenvalue weighted by molar-refractivity contribution is -0.134. The molecule has 5 nitrogen and oxygen atoms in total. The van der Waals surface area contributed by atoms with E-state index in [0.29, 0.717) is 6.42 Å². The number of pyridine rings is 1. The summed E-state index contributed by atoms with van der Waals surface area (Å²) < 4.78 is 5.16. The number of piperidine rings is 1. The number of hydrogen-bond acceptors (Lipinski definition) is 4. The van der Waals surface area contributed by atoms with Gasteiger partial charge in [0.1, 0.15) is 5.76 Å². The van der Waals surface area contributed by atoms with E-state index in [0.717, 1.165) is 48.4 Å². The van der Waals surface area contributed by atoms with Gasteiger partial charge in [0, 0.05) is 24.5 Å². The number of amides is 1. The Bertz CT molecular complexity index is 632. The number of carbonyl (C=O) groups excluding carboxylic acids is 1. The third kappa shape index (κ3) is 2.89. The maximum absolute atomic E-state index is 12.8. The first kappa shape index (κ1) is 14.8. The topological polar surface area (TPSA) is 59.2 Å². The van der Waals surface area contributed by atoms with E-state index in [1.54, 1.807) is 6.20 Å². The molecule has 5 heteroatoms. The maximum Gasteiger partial charge on any atom is 0.227 e. The summed E-state index contributed by atoms with van der Waals surface area (Å²) in [5.74, 6) is 0.878. The summed E-state index contributed by atoms with van der Waals surface area (Å²) in [7, 11) is 0. The minimum absolute atomic E-state index is 0.135. The van der Waals surface area contributed by atoms with Crippen LogP contribution in [0.5, 0.6) is 0 Å². The van der Waals surface area contributed by atoms with Crippen molar-refractivity contribution in [2.24, 2.45) is 0 Å². The summed E-state index contributed by atoms with van der Waals surface area (Å²) in [6.07, 6.45) is 7.20. The van der Waals surface area contributed by atoms with Gasteiger partial charge in [0.15, 0.2) is 0 Å². The third-order valence-electron chi connectivity index (χ3n) is 4.40. The molecule has 1 aliphatic rings. The molecule has 1 amide bonds. The van der Waals surface area contributed by atoms with E-state index >= 15 is 0 Å². The molecule has 2 aromatic rings. The van der Waals surface area contributed by atoms with Gasteiger partial charge in [-0.25, -0.2) is 0 Å². The monoisotopic (exact) mass is 299 g/mol. The average Bonchev–Trinajstić information content (AvgIpc) is 2.87. The lowest BCUT2D eigenvalue weighted by Crippen LogP contribution is -2.39. The van der Waals surface area contributed by atoms with E-state index in [2.05, 4.69) is 16.2 Å². The molecule has 2 aromatic heterocycles. The van der Waals surface area contributed by atoms with Crippen molar-refractivity contribution in [3.63, 3.8) is 0 Å². The van der Waals surface area contributed by atoms with Gasteiger partial charge in [-0.15, -0.1) is 0 Å². The fourth-order valence-electron chi connectivity index (χ4n) is 3.16. The van der Waals surface area contributed by atoms with Gasteiger partial charge in [0.2, 0.25) is 5.91 Å². The Balaban J connectivity index is 1.80. The van der Waals surface area contributed by atoms with Crippen LogP contribution in [0.1, 0.15) is 47.9 Å². The van der Waals surface area contributed by atoms with Gasteiger partial charge in [-0.1, -0.05) is 11.2 Å². The molecule has 0 bridgehead atoms. The van der Waals surface area contributed by atoms with Crippen molar-refractivity contribution in [2.75, 3.05) is 6.54 Å². The van der Waals surface area contributed by atoms with E-state index in [1.807, 2.05) is 31.0 Å². The zero-order valence-corrected chi connectivity index (χ0v) is 13.1. The fraction of sp³-hybridized carbons (Fsp3) is 0.471. The Morgan fingerprint density at radius 1 is 1.41 bits per heavy atom. The van der Waals surface area contributed by atoms with Crippen LogP contribution in [-0.4, -0.2) is 27.5 Å². The average molecular weight is 299 g/mol. The molecule has 0 radical (unpaired) electrons. The number of hydrogen-bond donors (Lipinski definition) is 0. The van der Waals surface area contributed by atoms with Gasteiger partial charge in [0.25, 0.3) is 0 Å². The highest BCUT2D eigenvalue weighted by atomic mass is 16.5. The minimum Gasteiger partial charge on any atom is -0.361 e. The molecule has 1 fully saturated rings. The molecule has 0 saturated carbocycles. The molecule has 0 aromatic carbocycles. The van der Waals surface area contributed by atoms with Gasteiger partial charge in [-0.05, 0) is 44.7 Å².